The summed E-state index contributed by atoms with van der Waals surface area (Å²) in [6, 6.07) is 14.0. The molecule has 2 aliphatic heterocycles. The number of nitrogens with zero attached hydrogens (tertiary/aromatic N) is 4. The van der Waals surface area contributed by atoms with E-state index in [-0.39, 0.29) is 11.3 Å². The lowest BCUT2D eigenvalue weighted by atomic mass is 9.72. The Labute approximate surface area is 164 Å². The SMILES string of the molecule is CN1CC2(CCN(Cc3ccco3)CC2)c2nn(-c3ccccc3)cc2C1=O. The van der Waals surface area contributed by atoms with Crippen molar-refractivity contribution >= 4 is 5.91 Å². The van der Waals surface area contributed by atoms with Crippen LogP contribution >= 0.6 is 0 Å². The van der Waals surface area contributed by atoms with Gasteiger partial charge < -0.3 is 9.32 Å². The third kappa shape index (κ3) is 2.85. The second-order valence-corrected chi connectivity index (χ2v) is 7.97. The molecule has 28 heavy (non-hydrogen) atoms. The number of furan rings is 1. The number of carbonyl (C=O) groups excluding carboxylic acids is 1. The van der Waals surface area contributed by atoms with Crippen LogP contribution in [0.3, 0.4) is 0 Å². The molecule has 0 radical (unpaired) electrons. The summed E-state index contributed by atoms with van der Waals surface area (Å²) in [5.41, 5.74) is 2.63. The van der Waals surface area contributed by atoms with Crippen molar-refractivity contribution in [2.45, 2.75) is 24.8 Å². The third-order valence-electron chi connectivity index (χ3n) is 6.13. The van der Waals surface area contributed by atoms with E-state index in [0.29, 0.717) is 0 Å². The van der Waals surface area contributed by atoms with E-state index < -0.39 is 0 Å². The molecule has 4 heterocycles. The summed E-state index contributed by atoms with van der Waals surface area (Å²) in [4.78, 5) is 17.1. The summed E-state index contributed by atoms with van der Waals surface area (Å²) in [5, 5.41) is 4.92. The number of carbonyl (C=O) groups is 1. The average molecular weight is 376 g/mol. The van der Waals surface area contributed by atoms with Crippen LogP contribution < -0.4 is 0 Å². The fourth-order valence-electron chi connectivity index (χ4n) is 4.60. The van der Waals surface area contributed by atoms with Crippen LogP contribution in [-0.4, -0.2) is 52.2 Å². The molecule has 0 N–H and O–H groups in total. The van der Waals surface area contributed by atoms with Crippen LogP contribution in [0.15, 0.2) is 59.3 Å². The Morgan fingerprint density at radius 1 is 1.11 bits per heavy atom. The Hall–Kier alpha value is -2.86. The first kappa shape index (κ1) is 17.3. The Kier molecular flexibility index (Phi) is 4.09. The van der Waals surface area contributed by atoms with Gasteiger partial charge in [-0.05, 0) is 50.2 Å². The van der Waals surface area contributed by atoms with Gasteiger partial charge in [-0.3, -0.25) is 9.69 Å². The number of aromatic nitrogens is 2. The molecule has 0 bridgehead atoms. The predicted molar refractivity (Wildman–Crippen MR) is 105 cm³/mol. The zero-order valence-electron chi connectivity index (χ0n) is 16.0. The average Bonchev–Trinajstić information content (AvgIpc) is 3.39. The van der Waals surface area contributed by atoms with Gasteiger partial charge in [0.05, 0.1) is 29.8 Å². The highest BCUT2D eigenvalue weighted by molar-refractivity contribution is 5.96. The van der Waals surface area contributed by atoms with Crippen LogP contribution in [0.4, 0.5) is 0 Å². The lowest BCUT2D eigenvalue weighted by molar-refractivity contribution is 0.0622. The number of para-hydroxylation sites is 1. The van der Waals surface area contributed by atoms with Gasteiger partial charge in [0.1, 0.15) is 5.76 Å². The van der Waals surface area contributed by atoms with Gasteiger partial charge in [-0.1, -0.05) is 18.2 Å². The normalized spacial score (nSPS) is 19.2. The Balaban J connectivity index is 1.44. The van der Waals surface area contributed by atoms with Crippen LogP contribution in [0, 0.1) is 0 Å². The van der Waals surface area contributed by atoms with E-state index in [1.54, 1.807) is 6.26 Å². The summed E-state index contributed by atoms with van der Waals surface area (Å²) in [6.45, 7) is 3.52. The molecule has 0 aliphatic carbocycles. The van der Waals surface area contributed by atoms with Gasteiger partial charge in [0.2, 0.25) is 0 Å². The van der Waals surface area contributed by atoms with Gasteiger partial charge in [-0.25, -0.2) is 4.68 Å². The van der Waals surface area contributed by atoms with Gasteiger partial charge in [0.25, 0.3) is 5.91 Å². The molecule has 3 aromatic rings. The molecule has 1 spiro atoms. The van der Waals surface area contributed by atoms with Crippen LogP contribution in [-0.2, 0) is 12.0 Å². The molecule has 2 aromatic heterocycles. The lowest BCUT2D eigenvalue weighted by Gasteiger charge is -2.45. The zero-order valence-corrected chi connectivity index (χ0v) is 16.0. The van der Waals surface area contributed by atoms with Crippen LogP contribution in [0.1, 0.15) is 34.7 Å². The first-order chi connectivity index (χ1) is 13.6. The highest BCUT2D eigenvalue weighted by Crippen LogP contribution is 2.41. The number of likely N-dealkylation sites (N-methyl/N-ethyl adjacent to an activating group) is 1. The number of hydrogen-bond donors (Lipinski definition) is 0. The highest BCUT2D eigenvalue weighted by atomic mass is 16.3. The van der Waals surface area contributed by atoms with E-state index in [1.165, 1.54) is 0 Å². The van der Waals surface area contributed by atoms with Gasteiger partial charge in [0.15, 0.2) is 0 Å². The highest BCUT2D eigenvalue weighted by Gasteiger charge is 2.46. The Morgan fingerprint density at radius 2 is 1.89 bits per heavy atom. The maximum Gasteiger partial charge on any atom is 0.257 e. The maximum atomic E-state index is 12.8. The van der Waals surface area contributed by atoms with Crippen molar-refractivity contribution < 1.29 is 9.21 Å². The largest absolute Gasteiger partial charge is 0.468 e. The van der Waals surface area contributed by atoms with Gasteiger partial charge >= 0.3 is 0 Å². The van der Waals surface area contributed by atoms with E-state index in [9.17, 15) is 4.79 Å². The second kappa shape index (κ2) is 6.63. The summed E-state index contributed by atoms with van der Waals surface area (Å²) in [6.07, 6.45) is 5.61. The Bertz CT molecular complexity index is 969. The molecular weight excluding hydrogens is 352 g/mol. The van der Waals surface area contributed by atoms with Crippen molar-refractivity contribution in [1.82, 2.24) is 19.6 Å². The van der Waals surface area contributed by atoms with Crippen molar-refractivity contribution in [3.05, 3.63) is 71.9 Å². The minimum atomic E-state index is -0.0717. The lowest BCUT2D eigenvalue weighted by Crippen LogP contribution is -2.53. The van der Waals surface area contributed by atoms with E-state index in [2.05, 4.69) is 4.90 Å². The minimum Gasteiger partial charge on any atom is -0.468 e. The molecule has 144 valence electrons. The Morgan fingerprint density at radius 3 is 2.61 bits per heavy atom. The fraction of sp³-hybridized carbons (Fsp3) is 0.364. The number of piperidine rings is 1. The van der Waals surface area contributed by atoms with Gasteiger partial charge in [-0.15, -0.1) is 0 Å². The molecule has 0 saturated carbocycles. The standard InChI is InChI=1S/C22H24N4O2/c1-24-16-22(9-11-25(12-10-22)14-18-8-5-13-28-18)20-19(21(24)27)15-26(23-20)17-6-3-2-4-7-17/h2-8,13,15H,9-12,14,16H2,1H3. The van der Waals surface area contributed by atoms with Crippen LogP contribution in [0.2, 0.25) is 0 Å². The molecule has 1 saturated heterocycles. The van der Waals surface area contributed by atoms with E-state index in [0.717, 1.165) is 61.7 Å². The van der Waals surface area contributed by atoms with Crippen molar-refractivity contribution in [2.24, 2.45) is 0 Å². The van der Waals surface area contributed by atoms with Gasteiger partial charge in [0, 0.05) is 25.2 Å². The van der Waals surface area contributed by atoms with Crippen molar-refractivity contribution in [3.63, 3.8) is 0 Å². The monoisotopic (exact) mass is 376 g/mol. The number of amides is 1. The molecule has 5 rings (SSSR count). The van der Waals surface area contributed by atoms with Crippen molar-refractivity contribution in [2.75, 3.05) is 26.7 Å². The number of benzene rings is 1. The summed E-state index contributed by atoms with van der Waals surface area (Å²) in [7, 11) is 1.90. The smallest absolute Gasteiger partial charge is 0.257 e. The van der Waals surface area contributed by atoms with Crippen LogP contribution in [0.25, 0.3) is 5.69 Å². The molecular formula is C22H24N4O2. The molecule has 2 aliphatic rings. The van der Waals surface area contributed by atoms with E-state index in [1.807, 2.05) is 65.3 Å². The minimum absolute atomic E-state index is 0.0702. The van der Waals surface area contributed by atoms with E-state index >= 15 is 0 Å². The number of hydrogen-bond acceptors (Lipinski definition) is 4. The number of fused-ring (bicyclic) bond motifs is 2. The van der Waals surface area contributed by atoms with Crippen molar-refractivity contribution in [1.29, 1.82) is 0 Å². The van der Waals surface area contributed by atoms with E-state index in [4.69, 9.17) is 9.52 Å². The number of likely N-dealkylation sites (tertiary alicyclic amines) is 1. The first-order valence-corrected chi connectivity index (χ1v) is 9.80. The topological polar surface area (TPSA) is 54.5 Å². The van der Waals surface area contributed by atoms with Crippen LogP contribution in [0.5, 0.6) is 0 Å². The second-order valence-electron chi connectivity index (χ2n) is 7.97. The zero-order chi connectivity index (χ0) is 19.1. The quantitative estimate of drug-likeness (QED) is 0.705. The fourth-order valence-corrected chi connectivity index (χ4v) is 4.60. The molecule has 1 aromatic carbocycles. The predicted octanol–water partition coefficient (Wildman–Crippen LogP) is 3.08. The molecule has 1 fully saturated rings. The third-order valence-corrected chi connectivity index (χ3v) is 6.13. The summed E-state index contributed by atoms with van der Waals surface area (Å²) >= 11 is 0. The molecule has 0 atom stereocenters. The summed E-state index contributed by atoms with van der Waals surface area (Å²) in [5.74, 6) is 1.07. The molecule has 0 unspecified atom stereocenters. The van der Waals surface area contributed by atoms with Crippen molar-refractivity contribution in [3.8, 4) is 5.69 Å². The summed E-state index contributed by atoms with van der Waals surface area (Å²) < 4.78 is 7.36. The first-order valence-electron chi connectivity index (χ1n) is 9.80. The van der Waals surface area contributed by atoms with Gasteiger partial charge in [-0.2, -0.15) is 5.10 Å². The molecule has 6 heteroatoms. The molecule has 1 amide bonds. The maximum absolute atomic E-state index is 12.8. The number of rotatable bonds is 3. The molecule has 6 nitrogen and oxygen atoms in total.